The number of carbonyl (C=O) groups excluding carboxylic acids is 1. The Morgan fingerprint density at radius 2 is 1.92 bits per heavy atom. The van der Waals surface area contributed by atoms with Gasteiger partial charge in [0.05, 0.1) is 6.10 Å². The van der Waals surface area contributed by atoms with E-state index >= 15 is 0 Å². The zero-order chi connectivity index (χ0) is 19.5. The Bertz CT molecular complexity index is 465. The first-order valence-electron chi connectivity index (χ1n) is 9.50. The maximum Gasteiger partial charge on any atom is 0.192 e. The highest BCUT2D eigenvalue weighted by atomic mass is 28.4. The minimum atomic E-state index is -1.87. The van der Waals surface area contributed by atoms with Crippen LogP contribution in [0.5, 0.6) is 0 Å². The maximum absolute atomic E-state index is 12.4. The molecule has 0 saturated carbocycles. The molecule has 25 heavy (non-hydrogen) atoms. The van der Waals surface area contributed by atoms with Crippen LogP contribution in [0.1, 0.15) is 67.2 Å². The fourth-order valence-electron chi connectivity index (χ4n) is 2.94. The fraction of sp³-hybridized carbons (Fsp3) is 0.850. The van der Waals surface area contributed by atoms with Gasteiger partial charge in [-0.05, 0) is 38.4 Å². The summed E-state index contributed by atoms with van der Waals surface area (Å²) in [6.45, 7) is 20.8. The molecule has 5 heteroatoms. The molecule has 0 aromatic heterocycles. The fourth-order valence-corrected chi connectivity index (χ4v) is 4.34. The Hall–Kier alpha value is -0.493. The van der Waals surface area contributed by atoms with Crippen LogP contribution < -0.4 is 0 Å². The van der Waals surface area contributed by atoms with Crippen molar-refractivity contribution in [2.75, 3.05) is 0 Å². The molecule has 1 aliphatic rings. The van der Waals surface area contributed by atoms with Gasteiger partial charge in [0.2, 0.25) is 0 Å². The van der Waals surface area contributed by atoms with Crippen molar-refractivity contribution in [1.29, 1.82) is 0 Å². The molecule has 0 aromatic carbocycles. The highest BCUT2D eigenvalue weighted by Gasteiger charge is 2.46. The van der Waals surface area contributed by atoms with Gasteiger partial charge in [0.1, 0.15) is 6.10 Å². The third-order valence-electron chi connectivity index (χ3n) is 5.22. The lowest BCUT2D eigenvalue weighted by atomic mass is 10.00. The van der Waals surface area contributed by atoms with E-state index in [1.54, 1.807) is 6.08 Å². The topological polar surface area (TPSA) is 44.8 Å². The average molecular weight is 371 g/mol. The van der Waals surface area contributed by atoms with Crippen molar-refractivity contribution in [2.45, 2.75) is 109 Å². The van der Waals surface area contributed by atoms with Gasteiger partial charge in [-0.2, -0.15) is 0 Å². The van der Waals surface area contributed by atoms with Crippen molar-refractivity contribution in [3.05, 3.63) is 12.7 Å². The van der Waals surface area contributed by atoms with Crippen LogP contribution in [0.25, 0.3) is 0 Å². The summed E-state index contributed by atoms with van der Waals surface area (Å²) in [6.07, 6.45) is 3.94. The second-order valence-electron chi connectivity index (χ2n) is 9.08. The molecule has 146 valence electrons. The van der Waals surface area contributed by atoms with Crippen LogP contribution in [0.4, 0.5) is 0 Å². The second kappa shape index (κ2) is 8.46. The van der Waals surface area contributed by atoms with Crippen molar-refractivity contribution >= 4 is 14.1 Å². The normalized spacial score (nSPS) is 25.0. The number of Topliss-reactive ketones (excluding diaryl/α,β-unsaturated/α-hetero) is 1. The van der Waals surface area contributed by atoms with E-state index in [1.165, 1.54) is 0 Å². The van der Waals surface area contributed by atoms with E-state index < -0.39 is 20.2 Å². The molecule has 4 nitrogen and oxygen atoms in total. The van der Waals surface area contributed by atoms with Crippen LogP contribution in [0.2, 0.25) is 18.1 Å². The summed E-state index contributed by atoms with van der Waals surface area (Å²) in [7, 11) is -1.87. The molecule has 3 atom stereocenters. The first-order valence-corrected chi connectivity index (χ1v) is 12.4. The maximum atomic E-state index is 12.4. The van der Waals surface area contributed by atoms with E-state index in [0.717, 1.165) is 12.8 Å². The molecule has 0 radical (unpaired) electrons. The van der Waals surface area contributed by atoms with Crippen molar-refractivity contribution in [1.82, 2.24) is 0 Å². The molecule has 0 spiro atoms. The van der Waals surface area contributed by atoms with Gasteiger partial charge in [0, 0.05) is 18.9 Å². The Morgan fingerprint density at radius 3 is 2.40 bits per heavy atom. The van der Waals surface area contributed by atoms with Crippen molar-refractivity contribution in [2.24, 2.45) is 0 Å². The summed E-state index contributed by atoms with van der Waals surface area (Å²) in [5, 5.41) is 0.156. The van der Waals surface area contributed by atoms with Crippen LogP contribution in [-0.4, -0.2) is 38.2 Å². The lowest BCUT2D eigenvalue weighted by Gasteiger charge is -2.40. The Balaban J connectivity index is 2.91. The molecule has 1 aliphatic heterocycles. The first-order chi connectivity index (χ1) is 11.3. The zero-order valence-electron chi connectivity index (χ0n) is 17.5. The Kier molecular flexibility index (Phi) is 7.63. The van der Waals surface area contributed by atoms with Crippen LogP contribution in [-0.2, 0) is 18.7 Å². The first kappa shape index (κ1) is 22.5. The molecule has 0 bridgehead atoms. The molecule has 1 saturated heterocycles. The van der Waals surface area contributed by atoms with Gasteiger partial charge >= 0.3 is 0 Å². The number of allylic oxidation sites excluding steroid dienone is 1. The van der Waals surface area contributed by atoms with Gasteiger partial charge in [-0.3, -0.25) is 4.79 Å². The lowest BCUT2D eigenvalue weighted by molar-refractivity contribution is -0.155. The molecular weight excluding hydrogens is 332 g/mol. The summed E-state index contributed by atoms with van der Waals surface area (Å²) in [5.74, 6) is -0.701. The molecule has 1 fully saturated rings. The van der Waals surface area contributed by atoms with Crippen LogP contribution in [0.15, 0.2) is 12.7 Å². The summed E-state index contributed by atoms with van der Waals surface area (Å²) in [5.41, 5.74) is 0. The van der Waals surface area contributed by atoms with Gasteiger partial charge in [-0.25, -0.2) is 0 Å². The smallest absolute Gasteiger partial charge is 0.192 e. The van der Waals surface area contributed by atoms with Gasteiger partial charge in [-0.15, -0.1) is 6.58 Å². The number of hydrogen-bond acceptors (Lipinski definition) is 4. The number of ketones is 1. The SMILES string of the molecule is C=CCC(=O)[C@H]1OC(C)(C)O[C@@H]1C[C@H](CCC)O[Si](C)(C)C(C)(C)C. The second-order valence-corrected chi connectivity index (χ2v) is 13.8. The highest BCUT2D eigenvalue weighted by molar-refractivity contribution is 6.74. The van der Waals surface area contributed by atoms with Gasteiger partial charge in [-0.1, -0.05) is 40.2 Å². The molecule has 0 aliphatic carbocycles. The summed E-state index contributed by atoms with van der Waals surface area (Å²) in [6, 6.07) is 0. The van der Waals surface area contributed by atoms with E-state index in [9.17, 15) is 4.79 Å². The zero-order valence-corrected chi connectivity index (χ0v) is 18.5. The molecule has 0 N–H and O–H groups in total. The number of ether oxygens (including phenoxy) is 2. The van der Waals surface area contributed by atoms with Crippen LogP contribution in [0, 0.1) is 0 Å². The average Bonchev–Trinajstić information content (AvgIpc) is 2.72. The molecule has 1 heterocycles. The van der Waals surface area contributed by atoms with Crippen molar-refractivity contribution in [3.63, 3.8) is 0 Å². The van der Waals surface area contributed by atoms with Gasteiger partial charge in [0.25, 0.3) is 0 Å². The molecule has 0 aromatic rings. The van der Waals surface area contributed by atoms with E-state index in [1.807, 2.05) is 13.8 Å². The van der Waals surface area contributed by atoms with Gasteiger partial charge < -0.3 is 13.9 Å². The third-order valence-corrected chi connectivity index (χ3v) is 9.75. The quantitative estimate of drug-likeness (QED) is 0.412. The summed E-state index contributed by atoms with van der Waals surface area (Å²) >= 11 is 0. The predicted molar refractivity (Wildman–Crippen MR) is 105 cm³/mol. The highest BCUT2D eigenvalue weighted by Crippen LogP contribution is 2.39. The largest absolute Gasteiger partial charge is 0.414 e. The van der Waals surface area contributed by atoms with Crippen LogP contribution in [0.3, 0.4) is 0 Å². The monoisotopic (exact) mass is 370 g/mol. The standard InChI is InChI=1S/C20H38O4Si/c1-10-12-15(24-25(8,9)19(3,4)5)14-17-18(16(21)13-11-2)23-20(6,7)22-17/h11,15,17-18H,2,10,12-14H2,1,3-9H3/t15-,17+,18+/m0/s1. The van der Waals surface area contributed by atoms with E-state index in [2.05, 4.69) is 47.4 Å². The molecule has 1 rings (SSSR count). The number of hydrogen-bond donors (Lipinski definition) is 0. The van der Waals surface area contributed by atoms with E-state index in [4.69, 9.17) is 13.9 Å². The molecule has 0 unspecified atom stereocenters. The summed E-state index contributed by atoms with van der Waals surface area (Å²) in [4.78, 5) is 12.4. The van der Waals surface area contributed by atoms with Crippen molar-refractivity contribution < 1.29 is 18.7 Å². The van der Waals surface area contributed by atoms with Gasteiger partial charge in [0.15, 0.2) is 19.9 Å². The minimum absolute atomic E-state index is 0.0353. The molecule has 0 amide bonds. The lowest BCUT2D eigenvalue weighted by Crippen LogP contribution is -2.45. The van der Waals surface area contributed by atoms with E-state index in [0.29, 0.717) is 12.8 Å². The Morgan fingerprint density at radius 1 is 1.32 bits per heavy atom. The van der Waals surface area contributed by atoms with Crippen molar-refractivity contribution in [3.8, 4) is 0 Å². The minimum Gasteiger partial charge on any atom is -0.414 e. The predicted octanol–water partition coefficient (Wildman–Crippen LogP) is 5.23. The third kappa shape index (κ3) is 6.31. The molecular formula is C20H38O4Si. The van der Waals surface area contributed by atoms with E-state index in [-0.39, 0.29) is 23.0 Å². The number of carbonyl (C=O) groups is 1. The Labute approximate surface area is 155 Å². The van der Waals surface area contributed by atoms with Crippen LogP contribution >= 0.6 is 0 Å². The summed E-state index contributed by atoms with van der Waals surface area (Å²) < 4.78 is 18.6. The number of rotatable bonds is 9.